The summed E-state index contributed by atoms with van der Waals surface area (Å²) in [5.74, 6) is 0. The largest absolute Gasteiger partial charge is 0.399 e. The van der Waals surface area contributed by atoms with Crippen LogP contribution < -0.4 is 11.1 Å². The molecular formula is C14H26Cl2N4. The predicted molar refractivity (Wildman–Crippen MR) is 92.4 cm³/mol. The molecule has 4 nitrogen and oxygen atoms in total. The zero-order chi connectivity index (χ0) is 12.8. The van der Waals surface area contributed by atoms with Gasteiger partial charge in [0.15, 0.2) is 0 Å². The third-order valence-electron chi connectivity index (χ3n) is 3.49. The maximum atomic E-state index is 5.65. The van der Waals surface area contributed by atoms with E-state index in [4.69, 9.17) is 5.73 Å². The summed E-state index contributed by atoms with van der Waals surface area (Å²) < 4.78 is 0. The highest BCUT2D eigenvalue weighted by atomic mass is 35.5. The van der Waals surface area contributed by atoms with Crippen LogP contribution in [0.25, 0.3) is 0 Å². The van der Waals surface area contributed by atoms with Crippen LogP contribution in [-0.2, 0) is 0 Å². The molecule has 2 rings (SSSR count). The number of hydrogen-bond donors (Lipinski definition) is 2. The summed E-state index contributed by atoms with van der Waals surface area (Å²) in [6.07, 6.45) is 1.19. The van der Waals surface area contributed by atoms with E-state index in [1.807, 2.05) is 24.3 Å². The van der Waals surface area contributed by atoms with Crippen molar-refractivity contribution in [3.8, 4) is 0 Å². The first-order valence-electron chi connectivity index (χ1n) is 6.74. The molecule has 0 bridgehead atoms. The van der Waals surface area contributed by atoms with Crippen molar-refractivity contribution in [3.63, 3.8) is 0 Å². The Hall–Kier alpha value is -0.680. The normalized spacial score (nSPS) is 16.1. The molecule has 1 aliphatic heterocycles. The van der Waals surface area contributed by atoms with Gasteiger partial charge < -0.3 is 20.9 Å². The van der Waals surface area contributed by atoms with Gasteiger partial charge in [-0.15, -0.1) is 24.8 Å². The summed E-state index contributed by atoms with van der Waals surface area (Å²) in [5, 5.41) is 3.43. The fraction of sp³-hybridized carbons (Fsp3) is 0.571. The van der Waals surface area contributed by atoms with Crippen LogP contribution in [0.5, 0.6) is 0 Å². The van der Waals surface area contributed by atoms with Crippen LogP contribution in [0.3, 0.4) is 0 Å². The summed E-state index contributed by atoms with van der Waals surface area (Å²) in [5.41, 5.74) is 7.62. The van der Waals surface area contributed by atoms with Crippen molar-refractivity contribution in [2.24, 2.45) is 0 Å². The molecule has 1 aliphatic rings. The molecule has 0 amide bonds. The highest BCUT2D eigenvalue weighted by Gasteiger charge is 2.12. The quantitative estimate of drug-likeness (QED) is 0.644. The molecule has 0 aliphatic carbocycles. The maximum absolute atomic E-state index is 5.65. The Kier molecular flexibility index (Phi) is 9.76. The number of nitrogens with two attached hydrogens (primary N) is 1. The van der Waals surface area contributed by atoms with Gasteiger partial charge in [0, 0.05) is 44.1 Å². The fourth-order valence-corrected chi connectivity index (χ4v) is 2.21. The van der Waals surface area contributed by atoms with E-state index in [0.29, 0.717) is 0 Å². The molecule has 0 unspecified atom stereocenters. The van der Waals surface area contributed by atoms with Crippen molar-refractivity contribution >= 4 is 36.2 Å². The van der Waals surface area contributed by atoms with E-state index in [0.717, 1.165) is 17.9 Å². The van der Waals surface area contributed by atoms with Crippen molar-refractivity contribution in [2.45, 2.75) is 6.42 Å². The van der Waals surface area contributed by atoms with Gasteiger partial charge in [-0.2, -0.15) is 0 Å². The fourth-order valence-electron chi connectivity index (χ4n) is 2.21. The Bertz CT molecular complexity index is 351. The number of nitrogens with zero attached hydrogens (tertiary/aromatic N) is 2. The highest BCUT2D eigenvalue weighted by molar-refractivity contribution is 5.85. The molecular weight excluding hydrogens is 295 g/mol. The van der Waals surface area contributed by atoms with Crippen molar-refractivity contribution in [2.75, 3.05) is 57.4 Å². The molecule has 1 aromatic rings. The van der Waals surface area contributed by atoms with Gasteiger partial charge in [-0.25, -0.2) is 0 Å². The number of nitrogen functional groups attached to an aromatic ring is 1. The van der Waals surface area contributed by atoms with Crippen LogP contribution in [0, 0.1) is 0 Å². The maximum Gasteiger partial charge on any atom is 0.0341 e. The van der Waals surface area contributed by atoms with Crippen LogP contribution in [0.4, 0.5) is 11.4 Å². The monoisotopic (exact) mass is 320 g/mol. The van der Waals surface area contributed by atoms with Crippen molar-refractivity contribution in [3.05, 3.63) is 24.3 Å². The topological polar surface area (TPSA) is 44.5 Å². The predicted octanol–water partition coefficient (Wildman–Crippen LogP) is 2.16. The number of hydrogen-bond acceptors (Lipinski definition) is 4. The zero-order valence-corrected chi connectivity index (χ0v) is 13.7. The van der Waals surface area contributed by atoms with Crippen molar-refractivity contribution in [1.82, 2.24) is 9.80 Å². The second-order valence-electron chi connectivity index (χ2n) is 5.05. The molecule has 20 heavy (non-hydrogen) atoms. The van der Waals surface area contributed by atoms with Gasteiger partial charge in [-0.3, -0.25) is 0 Å². The molecule has 1 fully saturated rings. The minimum Gasteiger partial charge on any atom is -0.399 e. The molecule has 0 spiro atoms. The average Bonchev–Trinajstić information content (AvgIpc) is 2.39. The molecule has 6 heteroatoms. The second-order valence-corrected chi connectivity index (χ2v) is 5.05. The third-order valence-corrected chi connectivity index (χ3v) is 3.49. The summed E-state index contributed by atoms with van der Waals surface area (Å²) in [6, 6.07) is 7.93. The van der Waals surface area contributed by atoms with Crippen LogP contribution in [-0.4, -0.2) is 56.1 Å². The summed E-state index contributed by atoms with van der Waals surface area (Å²) >= 11 is 0. The number of benzene rings is 1. The van der Waals surface area contributed by atoms with Crippen LogP contribution in [0.15, 0.2) is 24.3 Å². The van der Waals surface area contributed by atoms with Gasteiger partial charge >= 0.3 is 0 Å². The van der Waals surface area contributed by atoms with E-state index in [9.17, 15) is 0 Å². The number of nitrogens with one attached hydrogen (secondary N) is 1. The van der Waals surface area contributed by atoms with Gasteiger partial charge in [0.05, 0.1) is 0 Å². The highest BCUT2D eigenvalue weighted by Crippen LogP contribution is 2.10. The summed E-state index contributed by atoms with van der Waals surface area (Å²) in [7, 11) is 2.19. The molecule has 0 atom stereocenters. The Morgan fingerprint density at radius 1 is 1.05 bits per heavy atom. The minimum absolute atomic E-state index is 0. The molecule has 1 saturated heterocycles. The van der Waals surface area contributed by atoms with E-state index in [1.165, 1.54) is 39.1 Å². The zero-order valence-electron chi connectivity index (χ0n) is 12.0. The van der Waals surface area contributed by atoms with Gasteiger partial charge in [-0.05, 0) is 44.3 Å². The van der Waals surface area contributed by atoms with E-state index < -0.39 is 0 Å². The number of likely N-dealkylation sites (N-methyl/N-ethyl adjacent to an activating group) is 1. The molecule has 0 radical (unpaired) electrons. The minimum atomic E-state index is 0. The van der Waals surface area contributed by atoms with Crippen molar-refractivity contribution in [1.29, 1.82) is 0 Å². The van der Waals surface area contributed by atoms with Crippen molar-refractivity contribution < 1.29 is 0 Å². The molecule has 1 aromatic carbocycles. The lowest BCUT2D eigenvalue weighted by molar-refractivity contribution is 0.154. The van der Waals surface area contributed by atoms with Gasteiger partial charge in [0.2, 0.25) is 0 Å². The van der Waals surface area contributed by atoms with E-state index in [2.05, 4.69) is 22.2 Å². The van der Waals surface area contributed by atoms with E-state index in [-0.39, 0.29) is 24.8 Å². The molecule has 1 heterocycles. The average molecular weight is 321 g/mol. The Balaban J connectivity index is 0.00000180. The number of piperazine rings is 1. The first-order chi connectivity index (χ1) is 8.74. The van der Waals surface area contributed by atoms with Crippen LogP contribution in [0.1, 0.15) is 6.42 Å². The van der Waals surface area contributed by atoms with E-state index >= 15 is 0 Å². The van der Waals surface area contributed by atoms with Gasteiger partial charge in [0.25, 0.3) is 0 Å². The Labute approximate surface area is 134 Å². The molecule has 0 aromatic heterocycles. The summed E-state index contributed by atoms with van der Waals surface area (Å²) in [4.78, 5) is 4.94. The molecule has 3 N–H and O–H groups in total. The van der Waals surface area contributed by atoms with Gasteiger partial charge in [0.1, 0.15) is 0 Å². The first kappa shape index (κ1) is 19.3. The number of halogens is 2. The smallest absolute Gasteiger partial charge is 0.0341 e. The Morgan fingerprint density at radius 2 is 1.65 bits per heavy atom. The van der Waals surface area contributed by atoms with Crippen LogP contribution >= 0.6 is 24.8 Å². The standard InChI is InChI=1S/C14H24N4.2ClH/c1-17-9-11-18(12-10-17)8-2-7-16-14-5-3-13(15)4-6-14;;/h3-6,16H,2,7-12,15H2,1H3;2*1H. The number of rotatable bonds is 5. The molecule has 0 saturated carbocycles. The third kappa shape index (κ3) is 6.66. The first-order valence-corrected chi connectivity index (χ1v) is 6.74. The van der Waals surface area contributed by atoms with Crippen LogP contribution in [0.2, 0.25) is 0 Å². The molecule has 116 valence electrons. The summed E-state index contributed by atoms with van der Waals surface area (Å²) in [6.45, 7) is 7.03. The second kappa shape index (κ2) is 10.1. The van der Waals surface area contributed by atoms with E-state index in [1.54, 1.807) is 0 Å². The lowest BCUT2D eigenvalue weighted by Crippen LogP contribution is -2.44. The lowest BCUT2D eigenvalue weighted by atomic mass is 10.2. The van der Waals surface area contributed by atoms with Gasteiger partial charge in [-0.1, -0.05) is 0 Å². The SMILES string of the molecule is CN1CCN(CCCNc2ccc(N)cc2)CC1.Cl.Cl. The number of anilines is 2. The Morgan fingerprint density at radius 3 is 2.25 bits per heavy atom. The lowest BCUT2D eigenvalue weighted by Gasteiger charge is -2.32.